The quantitative estimate of drug-likeness (QED) is 0.910. The molecule has 1 spiro atoms. The van der Waals surface area contributed by atoms with Crippen LogP contribution in [0.2, 0.25) is 0 Å². The van der Waals surface area contributed by atoms with E-state index < -0.39 is 0 Å². The van der Waals surface area contributed by atoms with E-state index in [9.17, 15) is 0 Å². The number of H-pyrrole nitrogens is 1. The van der Waals surface area contributed by atoms with Crippen molar-refractivity contribution in [1.82, 2.24) is 15.1 Å². The first kappa shape index (κ1) is 14.0. The first-order valence-electron chi connectivity index (χ1n) is 7.67. The Hall–Kier alpha value is -0.910. The van der Waals surface area contributed by atoms with Crippen LogP contribution in [0.5, 0.6) is 0 Å². The molecule has 0 aromatic carbocycles. The highest BCUT2D eigenvalue weighted by atomic mass is 16.5. The molecule has 0 aliphatic carbocycles. The summed E-state index contributed by atoms with van der Waals surface area (Å²) in [6.07, 6.45) is 9.36. The molecule has 20 heavy (non-hydrogen) atoms. The van der Waals surface area contributed by atoms with Gasteiger partial charge in [-0.2, -0.15) is 5.10 Å². The van der Waals surface area contributed by atoms with Crippen LogP contribution in [0, 0.1) is 0 Å². The predicted molar refractivity (Wildman–Crippen MR) is 76.7 cm³/mol. The van der Waals surface area contributed by atoms with Gasteiger partial charge in [-0.15, -0.1) is 0 Å². The van der Waals surface area contributed by atoms with Gasteiger partial charge in [-0.1, -0.05) is 0 Å². The van der Waals surface area contributed by atoms with Crippen molar-refractivity contribution >= 4 is 0 Å². The summed E-state index contributed by atoms with van der Waals surface area (Å²) in [5, 5.41) is 6.88. The van der Waals surface area contributed by atoms with Crippen molar-refractivity contribution in [1.29, 1.82) is 0 Å². The first-order chi connectivity index (χ1) is 9.77. The minimum absolute atomic E-state index is 0.0884. The molecular weight excluding hydrogens is 254 g/mol. The number of aromatic nitrogens is 2. The normalized spacial score (nSPS) is 26.2. The van der Waals surface area contributed by atoms with Crippen LogP contribution < -0.4 is 0 Å². The van der Waals surface area contributed by atoms with Crippen LogP contribution >= 0.6 is 0 Å². The Labute approximate surface area is 120 Å². The lowest BCUT2D eigenvalue weighted by Crippen LogP contribution is -2.50. The number of hydrogen-bond donors (Lipinski definition) is 1. The highest BCUT2D eigenvalue weighted by Crippen LogP contribution is 2.35. The van der Waals surface area contributed by atoms with Crippen LogP contribution in [0.3, 0.4) is 0 Å². The Morgan fingerprint density at radius 3 is 3.00 bits per heavy atom. The monoisotopic (exact) mass is 279 g/mol. The smallest absolute Gasteiger partial charge is 0.0741 e. The second-order valence-corrected chi connectivity index (χ2v) is 6.13. The highest BCUT2D eigenvalue weighted by molar-refractivity contribution is 5.03. The molecule has 0 radical (unpaired) electrons. The van der Waals surface area contributed by atoms with E-state index in [1.54, 1.807) is 0 Å². The molecule has 5 nitrogen and oxygen atoms in total. The third kappa shape index (κ3) is 3.22. The third-order valence-corrected chi connectivity index (χ3v) is 4.80. The SMILES string of the molecule is CN(CCc1cn[nH]c1)C1CCOC2(CCOCC2)C1. The molecule has 2 aliphatic heterocycles. The molecule has 0 bridgehead atoms. The third-order valence-electron chi connectivity index (χ3n) is 4.80. The molecule has 3 heterocycles. The Morgan fingerprint density at radius 2 is 2.25 bits per heavy atom. The van der Waals surface area contributed by atoms with Crippen molar-refractivity contribution in [3.05, 3.63) is 18.0 Å². The van der Waals surface area contributed by atoms with Gasteiger partial charge in [0.1, 0.15) is 0 Å². The average Bonchev–Trinajstić information content (AvgIpc) is 2.99. The van der Waals surface area contributed by atoms with Crippen molar-refractivity contribution in [3.63, 3.8) is 0 Å². The Balaban J connectivity index is 1.53. The van der Waals surface area contributed by atoms with E-state index in [1.165, 1.54) is 5.56 Å². The number of rotatable bonds is 4. The summed E-state index contributed by atoms with van der Waals surface area (Å²) in [7, 11) is 2.24. The minimum atomic E-state index is 0.0884. The summed E-state index contributed by atoms with van der Waals surface area (Å²) in [4.78, 5) is 2.49. The highest BCUT2D eigenvalue weighted by Gasteiger charge is 2.39. The largest absolute Gasteiger partial charge is 0.381 e. The maximum absolute atomic E-state index is 6.12. The first-order valence-corrected chi connectivity index (χ1v) is 7.67. The molecule has 0 saturated carbocycles. The summed E-state index contributed by atoms with van der Waals surface area (Å²) in [6, 6.07) is 0.633. The molecule has 2 saturated heterocycles. The van der Waals surface area contributed by atoms with Crippen molar-refractivity contribution in [2.45, 2.75) is 43.7 Å². The summed E-state index contributed by atoms with van der Waals surface area (Å²) in [6.45, 7) is 3.68. The molecule has 0 amide bonds. The number of nitrogens with zero attached hydrogens (tertiary/aromatic N) is 2. The van der Waals surface area contributed by atoms with Gasteiger partial charge < -0.3 is 14.4 Å². The van der Waals surface area contributed by atoms with Gasteiger partial charge in [0.25, 0.3) is 0 Å². The summed E-state index contributed by atoms with van der Waals surface area (Å²) < 4.78 is 11.6. The van der Waals surface area contributed by atoms with E-state index in [0.717, 1.165) is 58.5 Å². The lowest BCUT2D eigenvalue weighted by atomic mass is 9.83. The van der Waals surface area contributed by atoms with Crippen LogP contribution in [0.15, 0.2) is 12.4 Å². The lowest BCUT2D eigenvalue weighted by molar-refractivity contribution is -0.149. The van der Waals surface area contributed by atoms with Crippen LogP contribution in [0.25, 0.3) is 0 Å². The van der Waals surface area contributed by atoms with Crippen molar-refractivity contribution in [3.8, 4) is 0 Å². The Bertz CT molecular complexity index is 396. The van der Waals surface area contributed by atoms with Gasteiger partial charge in [-0.3, -0.25) is 5.10 Å². The van der Waals surface area contributed by atoms with E-state index in [2.05, 4.69) is 22.1 Å². The average molecular weight is 279 g/mol. The van der Waals surface area contributed by atoms with Crippen LogP contribution in [0.4, 0.5) is 0 Å². The Morgan fingerprint density at radius 1 is 1.40 bits per heavy atom. The van der Waals surface area contributed by atoms with Gasteiger partial charge in [0.2, 0.25) is 0 Å². The number of ether oxygens (including phenoxy) is 2. The van der Waals surface area contributed by atoms with E-state index in [1.807, 2.05) is 12.4 Å². The number of aromatic amines is 1. The van der Waals surface area contributed by atoms with Crippen molar-refractivity contribution in [2.24, 2.45) is 0 Å². The number of nitrogens with one attached hydrogen (secondary N) is 1. The molecule has 3 rings (SSSR count). The van der Waals surface area contributed by atoms with Crippen molar-refractivity contribution < 1.29 is 9.47 Å². The summed E-state index contributed by atoms with van der Waals surface area (Å²) in [5.41, 5.74) is 1.37. The molecule has 1 aromatic rings. The molecule has 1 aromatic heterocycles. The van der Waals surface area contributed by atoms with E-state index >= 15 is 0 Å². The molecular formula is C15H25N3O2. The number of hydrogen-bond acceptors (Lipinski definition) is 4. The molecule has 2 fully saturated rings. The zero-order valence-corrected chi connectivity index (χ0v) is 12.3. The molecule has 2 aliphatic rings. The zero-order chi connectivity index (χ0) is 13.8. The topological polar surface area (TPSA) is 50.4 Å². The van der Waals surface area contributed by atoms with Gasteiger partial charge in [0, 0.05) is 38.6 Å². The standard InChI is InChI=1S/C15H25N3O2/c1-18(6-2-13-11-16-17-12-13)14-3-7-20-15(10-14)4-8-19-9-5-15/h11-12,14H,2-10H2,1H3,(H,16,17). The summed E-state index contributed by atoms with van der Waals surface area (Å²) in [5.74, 6) is 0. The molecule has 5 heteroatoms. The van der Waals surface area contributed by atoms with Gasteiger partial charge >= 0.3 is 0 Å². The minimum Gasteiger partial charge on any atom is -0.381 e. The summed E-state index contributed by atoms with van der Waals surface area (Å²) >= 11 is 0. The second kappa shape index (κ2) is 6.24. The fourth-order valence-corrected chi connectivity index (χ4v) is 3.37. The van der Waals surface area contributed by atoms with Gasteiger partial charge in [-0.25, -0.2) is 0 Å². The van der Waals surface area contributed by atoms with Crippen LogP contribution in [-0.4, -0.2) is 60.2 Å². The van der Waals surface area contributed by atoms with Gasteiger partial charge in [-0.05, 0) is 44.7 Å². The van der Waals surface area contributed by atoms with E-state index in [-0.39, 0.29) is 5.60 Å². The molecule has 1 unspecified atom stereocenters. The fourth-order valence-electron chi connectivity index (χ4n) is 3.37. The maximum Gasteiger partial charge on any atom is 0.0741 e. The predicted octanol–water partition coefficient (Wildman–Crippen LogP) is 1.61. The van der Waals surface area contributed by atoms with Gasteiger partial charge in [0.05, 0.1) is 11.8 Å². The molecule has 112 valence electrons. The lowest BCUT2D eigenvalue weighted by Gasteiger charge is -2.45. The maximum atomic E-state index is 6.12. The van der Waals surface area contributed by atoms with E-state index in [0.29, 0.717) is 6.04 Å². The molecule has 1 N–H and O–H groups in total. The van der Waals surface area contributed by atoms with Crippen LogP contribution in [-0.2, 0) is 15.9 Å². The van der Waals surface area contributed by atoms with Crippen molar-refractivity contribution in [2.75, 3.05) is 33.4 Å². The van der Waals surface area contributed by atoms with E-state index in [4.69, 9.17) is 9.47 Å². The second-order valence-electron chi connectivity index (χ2n) is 6.13. The van der Waals surface area contributed by atoms with Crippen LogP contribution in [0.1, 0.15) is 31.2 Å². The molecule has 1 atom stereocenters. The fraction of sp³-hybridized carbons (Fsp3) is 0.800. The zero-order valence-electron chi connectivity index (χ0n) is 12.3. The van der Waals surface area contributed by atoms with Gasteiger partial charge in [0.15, 0.2) is 0 Å². The number of likely N-dealkylation sites (N-methyl/N-ethyl adjacent to an activating group) is 1. The Kier molecular flexibility index (Phi) is 4.38.